The first-order valence-corrected chi connectivity index (χ1v) is 9.39. The molecule has 31 heavy (non-hydrogen) atoms. The first-order chi connectivity index (χ1) is 14.8. The van der Waals surface area contributed by atoms with Gasteiger partial charge in [0.05, 0.1) is 6.61 Å². The number of hydrogen-bond acceptors (Lipinski definition) is 7. The molecular weight excluding hydrogens is 406 g/mol. The number of benzene rings is 2. The summed E-state index contributed by atoms with van der Waals surface area (Å²) in [5.74, 6) is -2.02. The van der Waals surface area contributed by atoms with Gasteiger partial charge in [0.2, 0.25) is 0 Å². The van der Waals surface area contributed by atoms with Crippen molar-refractivity contribution in [3.05, 3.63) is 59.2 Å². The van der Waals surface area contributed by atoms with Crippen LogP contribution in [-0.4, -0.2) is 54.3 Å². The summed E-state index contributed by atoms with van der Waals surface area (Å²) >= 11 is 0. The molecular formula is C22H23NO8. The highest BCUT2D eigenvalue weighted by Gasteiger charge is 2.13. The van der Waals surface area contributed by atoms with E-state index in [2.05, 4.69) is 0 Å². The summed E-state index contributed by atoms with van der Waals surface area (Å²) < 4.78 is 15.9. The smallest absolute Gasteiger partial charge is 0.341 e. The summed E-state index contributed by atoms with van der Waals surface area (Å²) in [6.45, 7) is 2.17. The Labute approximate surface area is 178 Å². The molecule has 0 aliphatic carbocycles. The number of ketones is 1. The van der Waals surface area contributed by atoms with Gasteiger partial charge in [-0.25, -0.2) is 9.59 Å². The molecule has 164 valence electrons. The molecule has 0 heterocycles. The average molecular weight is 429 g/mol. The predicted molar refractivity (Wildman–Crippen MR) is 112 cm³/mol. The van der Waals surface area contributed by atoms with Crippen LogP contribution >= 0.6 is 0 Å². The Morgan fingerprint density at radius 1 is 1.00 bits per heavy atom. The number of nitrogens with two attached hydrogens (primary N) is 1. The molecule has 2 aromatic carbocycles. The molecule has 0 amide bonds. The maximum Gasteiger partial charge on any atom is 0.341 e. The Morgan fingerprint density at radius 3 is 2.32 bits per heavy atom. The summed E-state index contributed by atoms with van der Waals surface area (Å²) in [7, 11) is 0. The van der Waals surface area contributed by atoms with Gasteiger partial charge in [-0.3, -0.25) is 4.79 Å². The molecule has 9 heteroatoms. The molecule has 2 aromatic rings. The standard InChI is InChI=1S/C22H23NO8/c1-2-29-16-10-15(11-17(12-16)30-8-7-23)19(24)5-3-14-4-6-20(31-13-21(25)26)18(9-14)22(27)28/h3-6,9-12H,2,7-8,13,23H2,1H3,(H,25,26)(H,27,28). The Bertz CT molecular complexity index is 983. The Balaban J connectivity index is 2.25. The van der Waals surface area contributed by atoms with Crippen LogP contribution < -0.4 is 19.9 Å². The zero-order valence-corrected chi connectivity index (χ0v) is 16.9. The van der Waals surface area contributed by atoms with Crippen LogP contribution in [0.1, 0.15) is 33.2 Å². The van der Waals surface area contributed by atoms with Gasteiger partial charge >= 0.3 is 11.9 Å². The SMILES string of the molecule is CCOc1cc(OCCN)cc(C(=O)C=Cc2ccc(OCC(=O)O)c(C(=O)O)c2)c1. The van der Waals surface area contributed by atoms with Crippen molar-refractivity contribution in [2.75, 3.05) is 26.4 Å². The second-order valence-corrected chi connectivity index (χ2v) is 6.20. The van der Waals surface area contributed by atoms with Gasteiger partial charge in [0, 0.05) is 18.2 Å². The van der Waals surface area contributed by atoms with E-state index in [1.807, 2.05) is 6.92 Å². The number of hydrogen-bond donors (Lipinski definition) is 3. The molecule has 0 saturated carbocycles. The summed E-state index contributed by atoms with van der Waals surface area (Å²) in [6.07, 6.45) is 2.74. The third kappa shape index (κ3) is 7.16. The Hall–Kier alpha value is -3.85. The van der Waals surface area contributed by atoms with Gasteiger partial charge in [-0.15, -0.1) is 0 Å². The minimum atomic E-state index is -1.28. The van der Waals surface area contributed by atoms with E-state index in [0.29, 0.717) is 35.8 Å². The minimum absolute atomic E-state index is 0.0792. The number of aliphatic carboxylic acids is 1. The van der Waals surface area contributed by atoms with Gasteiger partial charge in [-0.1, -0.05) is 12.1 Å². The van der Waals surface area contributed by atoms with E-state index in [9.17, 15) is 19.5 Å². The molecule has 9 nitrogen and oxygen atoms in total. The summed E-state index contributed by atoms with van der Waals surface area (Å²) in [5, 5.41) is 18.0. The summed E-state index contributed by atoms with van der Waals surface area (Å²) in [4.78, 5) is 34.7. The van der Waals surface area contributed by atoms with E-state index >= 15 is 0 Å². The predicted octanol–water partition coefficient (Wildman–Crippen LogP) is 2.48. The number of rotatable bonds is 12. The number of allylic oxidation sites excluding steroid dienone is 1. The molecule has 0 aliphatic rings. The second-order valence-electron chi connectivity index (χ2n) is 6.20. The molecule has 0 aliphatic heterocycles. The molecule has 0 bridgehead atoms. The van der Waals surface area contributed by atoms with Crippen LogP contribution in [-0.2, 0) is 4.79 Å². The van der Waals surface area contributed by atoms with Gasteiger partial charge in [-0.05, 0) is 42.8 Å². The van der Waals surface area contributed by atoms with E-state index < -0.39 is 18.5 Å². The van der Waals surface area contributed by atoms with Crippen molar-refractivity contribution in [2.45, 2.75) is 6.92 Å². The number of ether oxygens (including phenoxy) is 3. The Morgan fingerprint density at radius 2 is 1.71 bits per heavy atom. The molecule has 0 radical (unpaired) electrons. The van der Waals surface area contributed by atoms with Crippen LogP contribution in [0, 0.1) is 0 Å². The third-order valence-corrected chi connectivity index (χ3v) is 3.87. The highest BCUT2D eigenvalue weighted by atomic mass is 16.5. The number of aromatic carboxylic acids is 1. The van der Waals surface area contributed by atoms with Crippen molar-refractivity contribution < 1.29 is 38.8 Å². The topological polar surface area (TPSA) is 145 Å². The highest BCUT2D eigenvalue weighted by molar-refractivity contribution is 6.07. The van der Waals surface area contributed by atoms with Crippen LogP contribution in [0.15, 0.2) is 42.5 Å². The molecule has 0 aromatic heterocycles. The highest BCUT2D eigenvalue weighted by Crippen LogP contribution is 2.25. The van der Waals surface area contributed by atoms with Gasteiger partial charge in [0.1, 0.15) is 29.4 Å². The van der Waals surface area contributed by atoms with Crippen molar-refractivity contribution in [3.63, 3.8) is 0 Å². The van der Waals surface area contributed by atoms with Crippen LogP contribution in [0.25, 0.3) is 6.08 Å². The van der Waals surface area contributed by atoms with E-state index in [4.69, 9.17) is 25.1 Å². The molecule has 0 saturated heterocycles. The quantitative estimate of drug-likeness (QED) is 0.342. The molecule has 4 N–H and O–H groups in total. The second kappa shape index (κ2) is 11.4. The maximum atomic E-state index is 12.6. The van der Waals surface area contributed by atoms with Gasteiger partial charge in [-0.2, -0.15) is 0 Å². The molecule has 2 rings (SSSR count). The summed E-state index contributed by atoms with van der Waals surface area (Å²) in [5.41, 5.74) is 5.98. The lowest BCUT2D eigenvalue weighted by atomic mass is 10.1. The third-order valence-electron chi connectivity index (χ3n) is 3.87. The van der Waals surface area contributed by atoms with Gasteiger partial charge in [0.15, 0.2) is 12.4 Å². The van der Waals surface area contributed by atoms with Gasteiger partial charge in [0.25, 0.3) is 0 Å². The fourth-order valence-electron chi connectivity index (χ4n) is 2.58. The average Bonchev–Trinajstić information content (AvgIpc) is 2.74. The van der Waals surface area contributed by atoms with Crippen molar-refractivity contribution in [2.24, 2.45) is 5.73 Å². The minimum Gasteiger partial charge on any atom is -0.494 e. The lowest BCUT2D eigenvalue weighted by Crippen LogP contribution is -2.12. The van der Waals surface area contributed by atoms with Crippen LogP contribution in [0.3, 0.4) is 0 Å². The molecule has 0 unspecified atom stereocenters. The maximum absolute atomic E-state index is 12.6. The van der Waals surface area contributed by atoms with Crippen molar-refractivity contribution in [3.8, 4) is 17.2 Å². The van der Waals surface area contributed by atoms with Crippen molar-refractivity contribution >= 4 is 23.8 Å². The Kier molecular flexibility index (Phi) is 8.59. The largest absolute Gasteiger partial charge is 0.494 e. The molecule has 0 spiro atoms. The summed E-state index contributed by atoms with van der Waals surface area (Å²) in [6, 6.07) is 8.95. The molecule has 0 atom stereocenters. The van der Waals surface area contributed by atoms with E-state index in [0.717, 1.165) is 0 Å². The number of carbonyl (C=O) groups is 3. The first-order valence-electron chi connectivity index (χ1n) is 9.39. The number of carbonyl (C=O) groups excluding carboxylic acids is 1. The first kappa shape index (κ1) is 23.4. The van der Waals surface area contributed by atoms with Gasteiger partial charge < -0.3 is 30.2 Å². The van der Waals surface area contributed by atoms with E-state index in [-0.39, 0.29) is 23.7 Å². The lowest BCUT2D eigenvalue weighted by molar-refractivity contribution is -0.139. The fourth-order valence-corrected chi connectivity index (χ4v) is 2.58. The van der Waals surface area contributed by atoms with Crippen molar-refractivity contribution in [1.82, 2.24) is 0 Å². The van der Waals surface area contributed by atoms with E-state index in [1.54, 1.807) is 18.2 Å². The lowest BCUT2D eigenvalue weighted by Gasteiger charge is -2.10. The molecule has 0 fully saturated rings. The number of carboxylic acid groups (broad SMARTS) is 2. The van der Waals surface area contributed by atoms with E-state index in [1.165, 1.54) is 30.4 Å². The zero-order chi connectivity index (χ0) is 22.8. The number of carboxylic acids is 2. The van der Waals surface area contributed by atoms with Crippen LogP contribution in [0.5, 0.6) is 17.2 Å². The van der Waals surface area contributed by atoms with Crippen LogP contribution in [0.4, 0.5) is 0 Å². The fraction of sp³-hybridized carbons (Fsp3) is 0.227. The van der Waals surface area contributed by atoms with Crippen molar-refractivity contribution in [1.29, 1.82) is 0 Å². The zero-order valence-electron chi connectivity index (χ0n) is 16.9. The van der Waals surface area contributed by atoms with Crippen LogP contribution in [0.2, 0.25) is 0 Å². The monoisotopic (exact) mass is 429 g/mol. The normalized spacial score (nSPS) is 10.6.